The minimum absolute atomic E-state index is 0.0735. The molecule has 618 valence electrons. The molecule has 0 aliphatic heterocycles. The van der Waals surface area contributed by atoms with Gasteiger partial charge in [0.25, 0.3) is 0 Å². The van der Waals surface area contributed by atoms with Crippen LogP contribution < -0.4 is 47.9 Å². The third-order valence-corrected chi connectivity index (χ3v) is 29.3. The third kappa shape index (κ3) is 30.0. The fraction of sp³-hybridized carbons (Fsp3) is 0.900. The van der Waals surface area contributed by atoms with Crippen LogP contribution >= 0.6 is 0 Å². The molecule has 9 aliphatic rings. The zero-order chi connectivity index (χ0) is 78.2. The lowest BCUT2D eigenvalue weighted by Gasteiger charge is -2.36. The van der Waals surface area contributed by atoms with Crippen LogP contribution in [0.1, 0.15) is 372 Å². The number of carbonyl (C=O) groups is 9. The lowest BCUT2D eigenvalue weighted by molar-refractivity contribution is -0.135. The van der Waals surface area contributed by atoms with Gasteiger partial charge < -0.3 is 47.9 Å². The molecule has 0 radical (unpaired) electrons. The average Bonchev–Trinajstić information content (AvgIpc) is 0.853. The summed E-state index contributed by atoms with van der Waals surface area (Å²) in [4.78, 5) is 119. The van der Waals surface area contributed by atoms with Crippen molar-refractivity contribution in [3.05, 3.63) is 0 Å². The molecule has 0 aromatic rings. The highest BCUT2D eigenvalue weighted by Gasteiger charge is 2.39. The smallest absolute Gasteiger partial charge is 0.224 e. The van der Waals surface area contributed by atoms with Gasteiger partial charge in [0.15, 0.2) is 0 Å². The maximum Gasteiger partial charge on any atom is 0.224 e. The number of hydrogen-bond donors (Lipinski definition) is 9. The van der Waals surface area contributed by atoms with Crippen molar-refractivity contribution in [2.24, 2.45) is 88.8 Å². The molecule has 0 bridgehead atoms. The first-order valence-electron chi connectivity index (χ1n) is 45.6. The summed E-state index contributed by atoms with van der Waals surface area (Å²) < 4.78 is 0. The maximum absolute atomic E-state index is 13.5. The van der Waals surface area contributed by atoms with Crippen LogP contribution in [-0.2, 0) is 43.2 Å². The second-order valence-corrected chi connectivity index (χ2v) is 37.0. The summed E-state index contributed by atoms with van der Waals surface area (Å²) in [6, 6.07) is 1.55. The van der Waals surface area contributed by atoms with Crippen LogP contribution in [0.5, 0.6) is 0 Å². The van der Waals surface area contributed by atoms with Gasteiger partial charge in [0.1, 0.15) is 0 Å². The van der Waals surface area contributed by atoms with Gasteiger partial charge in [-0.1, -0.05) is 237 Å². The Kier molecular flexibility index (Phi) is 39.9. The van der Waals surface area contributed by atoms with Gasteiger partial charge in [0.2, 0.25) is 53.2 Å². The van der Waals surface area contributed by atoms with Gasteiger partial charge >= 0.3 is 0 Å². The first kappa shape index (κ1) is 90.4. The van der Waals surface area contributed by atoms with E-state index in [4.69, 9.17) is 0 Å². The molecule has 0 aromatic heterocycles. The van der Waals surface area contributed by atoms with Crippen molar-refractivity contribution in [3.63, 3.8) is 0 Å². The highest BCUT2D eigenvalue weighted by Crippen LogP contribution is 2.37. The van der Waals surface area contributed by atoms with Gasteiger partial charge in [0, 0.05) is 92.9 Å². The van der Waals surface area contributed by atoms with E-state index >= 15 is 0 Å². The molecule has 21 atom stereocenters. The minimum Gasteiger partial charge on any atom is -0.353 e. The number of carbonyl (C=O) groups excluding carboxylic acids is 9. The average molecular weight is 1510 g/mol. The molecule has 108 heavy (non-hydrogen) atoms. The van der Waals surface area contributed by atoms with E-state index in [2.05, 4.69) is 131 Å². The van der Waals surface area contributed by atoms with Crippen molar-refractivity contribution in [2.75, 3.05) is 0 Å². The van der Waals surface area contributed by atoms with Gasteiger partial charge in [0.05, 0.1) is 17.8 Å². The highest BCUT2D eigenvalue weighted by atomic mass is 16.2. The van der Waals surface area contributed by atoms with Gasteiger partial charge in [-0.05, 0) is 167 Å². The number of hydrogen-bond acceptors (Lipinski definition) is 9. The van der Waals surface area contributed by atoms with Crippen molar-refractivity contribution >= 4 is 53.2 Å². The quantitative estimate of drug-likeness (QED) is 0.0331. The molecule has 0 heterocycles. The Labute approximate surface area is 656 Å². The Morgan fingerprint density at radius 3 is 0.778 bits per heavy atom. The predicted octanol–water partition coefficient (Wildman–Crippen LogP) is 16.5. The van der Waals surface area contributed by atoms with Crippen LogP contribution in [0.3, 0.4) is 0 Å². The van der Waals surface area contributed by atoms with Crippen LogP contribution in [0.25, 0.3) is 0 Å². The number of amides is 9. The van der Waals surface area contributed by atoms with E-state index in [-0.39, 0.29) is 146 Å². The van der Waals surface area contributed by atoms with Gasteiger partial charge in [-0.2, -0.15) is 0 Å². The summed E-state index contributed by atoms with van der Waals surface area (Å²) in [6.07, 6.45) is 43.9. The Bertz CT molecular complexity index is 2560. The van der Waals surface area contributed by atoms with E-state index in [9.17, 15) is 43.2 Å². The summed E-state index contributed by atoms with van der Waals surface area (Å²) in [7, 11) is 0. The molecule has 18 heteroatoms. The SMILES string of the molecule is CC1CCCC(NC(=O)CC(CC(=O)NC2CCCC(C)C2C)C(=O)NC2CCCC(C)C2C)C1C.CCC1CCCC(NC(=O)CC(CC(=O)NC2CCCC(CC)C2)C(=O)NC2CCCC(CC)C2)C1.CCC1CCCCC1NC(=O)CC(CC(=O)NC1CCCCC1CC)C(=O)NC1CCCCC1CC. The molecule has 9 N–H and O–H groups in total. The van der Waals surface area contributed by atoms with E-state index in [0.717, 1.165) is 193 Å². The fourth-order valence-electron chi connectivity index (χ4n) is 21.1. The van der Waals surface area contributed by atoms with Crippen molar-refractivity contribution in [2.45, 2.75) is 426 Å². The molecular weight excluding hydrogens is 1350 g/mol. The van der Waals surface area contributed by atoms with Crippen molar-refractivity contribution in [1.82, 2.24) is 47.9 Å². The van der Waals surface area contributed by atoms with Crippen LogP contribution in [-0.4, -0.2) is 108 Å². The molecule has 9 saturated carbocycles. The van der Waals surface area contributed by atoms with E-state index in [1.54, 1.807) is 0 Å². The first-order chi connectivity index (χ1) is 51.9. The monoisotopic (exact) mass is 1510 g/mol. The highest BCUT2D eigenvalue weighted by molar-refractivity contribution is 5.92. The standard InChI is InChI=1S/3C30H53N3O3/c1-18-10-7-13-25(21(18)4)31-28(34)16-24(30(36)33-27-15-9-12-20(3)23(27)6)17-29(35)32-26-14-8-11-19(2)22(26)5;1-4-21-10-7-13-25(16-21)31-28(34)19-24(30(36)33-27-15-9-12-23(6-3)18-27)20-29(35)32-26-14-8-11-22(5-2)17-26;1-4-21-13-7-10-16-25(21)31-28(34)19-24(30(36)33-27-18-12-9-15-23(27)6-3)20-29(35)32-26-17-11-8-14-22(26)5-2/h18-27H,7-17H2,1-6H3,(H,31,34)(H,32,35)(H,33,36);2*21-27H,4-20H2,1-3H3,(H,31,34)(H,32,35)(H,33,36). The van der Waals surface area contributed by atoms with E-state index in [0.29, 0.717) is 71.0 Å². The molecule has 0 saturated heterocycles. The molecule has 9 fully saturated rings. The van der Waals surface area contributed by atoms with E-state index in [1.165, 1.54) is 57.8 Å². The molecule has 21 unspecified atom stereocenters. The molecule has 9 rings (SSSR count). The largest absolute Gasteiger partial charge is 0.353 e. The Hall–Kier alpha value is -4.77. The van der Waals surface area contributed by atoms with Gasteiger partial charge in [-0.15, -0.1) is 0 Å². The van der Waals surface area contributed by atoms with Gasteiger partial charge in [-0.25, -0.2) is 0 Å². The van der Waals surface area contributed by atoms with Crippen molar-refractivity contribution in [3.8, 4) is 0 Å². The maximum atomic E-state index is 13.5. The molecule has 9 amide bonds. The molecule has 0 spiro atoms. The minimum atomic E-state index is -0.637. The summed E-state index contributed by atoms with van der Waals surface area (Å²) >= 11 is 0. The predicted molar refractivity (Wildman–Crippen MR) is 436 cm³/mol. The Morgan fingerprint density at radius 1 is 0.241 bits per heavy atom. The van der Waals surface area contributed by atoms with Gasteiger partial charge in [-0.3, -0.25) is 43.2 Å². The molecule has 9 aliphatic carbocycles. The van der Waals surface area contributed by atoms with E-state index < -0.39 is 17.8 Å². The topological polar surface area (TPSA) is 262 Å². The second kappa shape index (κ2) is 47.7. The number of nitrogens with one attached hydrogen (secondary N) is 9. The van der Waals surface area contributed by atoms with E-state index in [1.807, 2.05) is 0 Å². The summed E-state index contributed by atoms with van der Waals surface area (Å²) in [5.41, 5.74) is 0. The molecular formula is C90H159N9O9. The van der Waals surface area contributed by atoms with Crippen LogP contribution in [0, 0.1) is 88.8 Å². The van der Waals surface area contributed by atoms with Crippen LogP contribution in [0.4, 0.5) is 0 Å². The Balaban J connectivity index is 0.000000226. The third-order valence-electron chi connectivity index (χ3n) is 29.3. The van der Waals surface area contributed by atoms with Crippen LogP contribution in [0.2, 0.25) is 0 Å². The second-order valence-electron chi connectivity index (χ2n) is 37.0. The zero-order valence-corrected chi connectivity index (χ0v) is 70.4. The summed E-state index contributed by atoms with van der Waals surface area (Å²) in [6.45, 7) is 26.6. The lowest BCUT2D eigenvalue weighted by Crippen LogP contribution is -2.49. The van der Waals surface area contributed by atoms with Crippen molar-refractivity contribution < 1.29 is 43.2 Å². The van der Waals surface area contributed by atoms with Crippen molar-refractivity contribution in [1.29, 1.82) is 0 Å². The summed E-state index contributed by atoms with van der Waals surface area (Å²) in [5.74, 6) is 3.80. The Morgan fingerprint density at radius 2 is 0.472 bits per heavy atom. The lowest BCUT2D eigenvalue weighted by atomic mass is 9.77. The normalized spacial score (nSPS) is 33.8. The molecule has 18 nitrogen and oxygen atoms in total. The number of rotatable bonds is 30. The molecule has 0 aromatic carbocycles. The zero-order valence-electron chi connectivity index (χ0n) is 70.4. The summed E-state index contributed by atoms with van der Waals surface area (Å²) in [5, 5.41) is 29.1. The van der Waals surface area contributed by atoms with Crippen LogP contribution in [0.15, 0.2) is 0 Å². The fourth-order valence-corrected chi connectivity index (χ4v) is 21.1. The first-order valence-corrected chi connectivity index (χ1v) is 45.6.